The van der Waals surface area contributed by atoms with Crippen LogP contribution in [0.4, 0.5) is 52.7 Å². The van der Waals surface area contributed by atoms with Crippen LogP contribution in [-0.2, 0) is 30.3 Å². The van der Waals surface area contributed by atoms with Crippen LogP contribution < -0.4 is 4.74 Å². The summed E-state index contributed by atoms with van der Waals surface area (Å²) in [6.45, 7) is 3.61. The van der Waals surface area contributed by atoms with Crippen LogP contribution in [0.15, 0.2) is 121 Å². The molecule has 2 N–H and O–H groups in total. The average molecular weight is 947 g/mol. The van der Waals surface area contributed by atoms with Crippen molar-refractivity contribution in [2.75, 3.05) is 0 Å². The van der Waals surface area contributed by atoms with E-state index in [1.54, 1.807) is 50.3 Å². The summed E-state index contributed by atoms with van der Waals surface area (Å²) in [5, 5.41) is 0. The molecular weight excluding hydrogens is 913 g/mol. The number of nitrogens with one attached hydrogen (secondary N) is 2. The van der Waals surface area contributed by atoms with Gasteiger partial charge in [0.1, 0.15) is 0 Å². The Hall–Kier alpha value is -7.30. The van der Waals surface area contributed by atoms with E-state index >= 15 is 0 Å². The lowest BCUT2D eigenvalue weighted by Gasteiger charge is -2.28. The third-order valence-electron chi connectivity index (χ3n) is 12.1. The Morgan fingerprint density at radius 3 is 1.01 bits per heavy atom. The predicted molar refractivity (Wildman–Crippen MR) is 235 cm³/mol. The molecule has 0 spiro atoms. The van der Waals surface area contributed by atoms with Gasteiger partial charge in [-0.15, -0.1) is 0 Å². The van der Waals surface area contributed by atoms with Crippen LogP contribution >= 0.6 is 0 Å². The van der Waals surface area contributed by atoms with Crippen molar-refractivity contribution in [1.29, 1.82) is 0 Å². The second-order valence-electron chi connectivity index (χ2n) is 16.2. The fourth-order valence-corrected chi connectivity index (χ4v) is 8.59. The molecule has 0 aliphatic carbocycles. The molecule has 0 fully saturated rings. The summed E-state index contributed by atoms with van der Waals surface area (Å²) >= 11 is 0. The second kappa shape index (κ2) is 16.5. The third kappa shape index (κ3) is 8.38. The first-order valence-electron chi connectivity index (χ1n) is 21.0. The van der Waals surface area contributed by atoms with Gasteiger partial charge in [-0.3, -0.25) is 0 Å². The van der Waals surface area contributed by atoms with E-state index in [-0.39, 0.29) is 85.8 Å². The number of ether oxygens (including phenoxy) is 1. The van der Waals surface area contributed by atoms with E-state index in [4.69, 9.17) is 14.7 Å². The van der Waals surface area contributed by atoms with Gasteiger partial charge < -0.3 is 14.7 Å². The Bertz CT molecular complexity index is 3240. The zero-order valence-electron chi connectivity index (χ0n) is 35.5. The molecule has 3 aromatic heterocycles. The number of aromatic nitrogens is 4. The SMILES string of the molecule is CCC1(CC)Oc2nc1c(-c1ccc(C(F)(F)F)cc1)c1ccc([nH]1)c(-c1ccc(C(F)(F)F)cc1)c1nc(c(-c3ccc(C(F)(F)F)cc3)c3ccc([nH]3)c2-c2ccc(C(F)(F)F)cc2)C=C1. The maximum absolute atomic E-state index is 14.0. The van der Waals surface area contributed by atoms with Gasteiger partial charge in [0.05, 0.1) is 50.4 Å². The first-order valence-corrected chi connectivity index (χ1v) is 21.0. The summed E-state index contributed by atoms with van der Waals surface area (Å²) in [5.74, 6) is -0.0676. The van der Waals surface area contributed by atoms with Crippen molar-refractivity contribution in [2.45, 2.75) is 57.0 Å². The van der Waals surface area contributed by atoms with Crippen LogP contribution in [0.1, 0.15) is 66.0 Å². The maximum atomic E-state index is 14.0. The van der Waals surface area contributed by atoms with Crippen LogP contribution in [-0.4, -0.2) is 19.9 Å². The molecule has 0 amide bonds. The number of fused-ring (bicyclic) bond motifs is 8. The number of halogens is 12. The van der Waals surface area contributed by atoms with E-state index < -0.39 is 52.6 Å². The monoisotopic (exact) mass is 946 g/mol. The van der Waals surface area contributed by atoms with Gasteiger partial charge in [-0.05, 0) is 120 Å². The highest BCUT2D eigenvalue weighted by molar-refractivity contribution is 5.97. The number of alkyl halides is 12. The smallest absolute Gasteiger partial charge is 0.416 e. The summed E-state index contributed by atoms with van der Waals surface area (Å²) in [6, 6.07) is 23.7. The normalized spacial score (nSPS) is 14.0. The Morgan fingerprint density at radius 1 is 0.397 bits per heavy atom. The van der Waals surface area contributed by atoms with Crippen molar-refractivity contribution in [2.24, 2.45) is 0 Å². The Labute approximate surface area is 378 Å². The van der Waals surface area contributed by atoms with Crippen LogP contribution in [0, 0.1) is 0 Å². The van der Waals surface area contributed by atoms with E-state index in [1.807, 2.05) is 0 Å². The molecule has 0 unspecified atom stereocenters. The molecule has 8 bridgehead atoms. The molecule has 348 valence electrons. The summed E-state index contributed by atoms with van der Waals surface area (Å²) in [7, 11) is 0. The summed E-state index contributed by atoms with van der Waals surface area (Å²) in [6.07, 6.45) is -15.1. The lowest BCUT2D eigenvalue weighted by atomic mass is 9.87. The Kier molecular flexibility index (Phi) is 11.1. The topological polar surface area (TPSA) is 66.6 Å². The first kappa shape index (κ1) is 45.8. The minimum Gasteiger partial charge on any atom is -0.464 e. The number of rotatable bonds is 6. The lowest BCUT2D eigenvalue weighted by molar-refractivity contribution is -0.138. The quantitative estimate of drug-likeness (QED) is 0.163. The number of H-pyrrole nitrogens is 2. The standard InChI is InChI=1S/C51H34F12N4O/c1-3-47(4-2)45-43(29-9-17-33(18-10-29)50(58,59)60)39-25-23-37(65-39)41(27-5-13-31(14-6-27)48(52,53)54)35-21-22-36(64-35)42(28-7-15-32(16-8-28)49(55,56)57)38-24-26-40(66-38)44(46(67-45)68-47)30-11-19-34(20-12-30)51(61,62)63/h5-26,65-66H,3-4H2,1-2H3. The highest BCUT2D eigenvalue weighted by Crippen LogP contribution is 2.48. The van der Waals surface area contributed by atoms with Crippen molar-refractivity contribution < 1.29 is 57.4 Å². The van der Waals surface area contributed by atoms with Gasteiger partial charge >= 0.3 is 24.7 Å². The minimum atomic E-state index is -4.69. The van der Waals surface area contributed by atoms with Gasteiger partial charge in [0.25, 0.3) is 0 Å². The summed E-state index contributed by atoms with van der Waals surface area (Å²) in [5.41, 5.74) is -1.15. The Balaban J connectivity index is 1.47. The molecular formula is C51H34F12N4O. The minimum absolute atomic E-state index is 0.0676. The highest BCUT2D eigenvalue weighted by Gasteiger charge is 2.42. The summed E-state index contributed by atoms with van der Waals surface area (Å²) in [4.78, 5) is 16.7. The largest absolute Gasteiger partial charge is 0.464 e. The molecule has 68 heavy (non-hydrogen) atoms. The number of hydrogen-bond donors (Lipinski definition) is 2. The molecule has 2 aliphatic heterocycles. The molecule has 17 heteroatoms. The van der Waals surface area contributed by atoms with Crippen molar-refractivity contribution in [3.8, 4) is 50.4 Å². The number of aromatic amines is 2. The van der Waals surface area contributed by atoms with Gasteiger partial charge in [0, 0.05) is 33.2 Å². The van der Waals surface area contributed by atoms with Gasteiger partial charge in [-0.1, -0.05) is 62.4 Å². The zero-order valence-corrected chi connectivity index (χ0v) is 35.5. The van der Waals surface area contributed by atoms with Crippen LogP contribution in [0.5, 0.6) is 5.88 Å². The van der Waals surface area contributed by atoms with Crippen molar-refractivity contribution in [3.63, 3.8) is 0 Å². The van der Waals surface area contributed by atoms with Crippen LogP contribution in [0.3, 0.4) is 0 Å². The molecule has 0 radical (unpaired) electrons. The molecule has 4 aromatic carbocycles. The fraction of sp³-hybridized carbons (Fsp3) is 0.176. The van der Waals surface area contributed by atoms with Crippen LogP contribution in [0.25, 0.3) is 78.7 Å². The highest BCUT2D eigenvalue weighted by atomic mass is 19.4. The lowest BCUT2D eigenvalue weighted by Crippen LogP contribution is -2.29. The van der Waals surface area contributed by atoms with E-state index in [9.17, 15) is 52.7 Å². The maximum Gasteiger partial charge on any atom is 0.416 e. The first-order chi connectivity index (χ1) is 32.1. The van der Waals surface area contributed by atoms with Gasteiger partial charge in [-0.25, -0.2) is 9.97 Å². The number of hydrogen-bond acceptors (Lipinski definition) is 3. The molecule has 0 atom stereocenters. The van der Waals surface area contributed by atoms with Gasteiger partial charge in [-0.2, -0.15) is 52.7 Å². The fourth-order valence-electron chi connectivity index (χ4n) is 8.59. The van der Waals surface area contributed by atoms with Gasteiger partial charge in [0.15, 0.2) is 5.60 Å². The molecule has 7 aromatic rings. The second-order valence-corrected chi connectivity index (χ2v) is 16.2. The van der Waals surface area contributed by atoms with Crippen molar-refractivity contribution in [1.82, 2.24) is 19.9 Å². The van der Waals surface area contributed by atoms with E-state index in [1.165, 1.54) is 48.5 Å². The van der Waals surface area contributed by atoms with E-state index in [0.29, 0.717) is 16.6 Å². The average Bonchev–Trinajstić information content (AvgIpc) is 4.13. The molecule has 2 aliphatic rings. The molecule has 9 rings (SSSR count). The number of benzene rings is 4. The third-order valence-corrected chi connectivity index (χ3v) is 12.1. The number of nitrogens with zero attached hydrogens (tertiary/aromatic N) is 2. The predicted octanol–water partition coefficient (Wildman–Crippen LogP) is 16.3. The van der Waals surface area contributed by atoms with Crippen molar-refractivity contribution >= 4 is 34.2 Å². The summed E-state index contributed by atoms with van der Waals surface area (Å²) < 4.78 is 173. The molecule has 5 nitrogen and oxygen atoms in total. The molecule has 5 heterocycles. The van der Waals surface area contributed by atoms with E-state index in [0.717, 1.165) is 48.5 Å². The van der Waals surface area contributed by atoms with Gasteiger partial charge in [0.2, 0.25) is 5.88 Å². The molecule has 0 saturated heterocycles. The van der Waals surface area contributed by atoms with Crippen molar-refractivity contribution in [3.05, 3.63) is 161 Å². The van der Waals surface area contributed by atoms with E-state index in [2.05, 4.69) is 9.97 Å². The Morgan fingerprint density at radius 2 is 0.691 bits per heavy atom. The zero-order chi connectivity index (χ0) is 48.6. The molecule has 0 saturated carbocycles. The van der Waals surface area contributed by atoms with Crippen LogP contribution in [0.2, 0.25) is 0 Å².